The predicted octanol–water partition coefficient (Wildman–Crippen LogP) is 4.50. The molecule has 0 bridgehead atoms. The van der Waals surface area contributed by atoms with E-state index >= 15 is 0 Å². The molecule has 0 radical (unpaired) electrons. The summed E-state index contributed by atoms with van der Waals surface area (Å²) in [7, 11) is 0. The van der Waals surface area contributed by atoms with Gasteiger partial charge in [0.15, 0.2) is 0 Å². The van der Waals surface area contributed by atoms with Crippen LogP contribution < -0.4 is 10.2 Å². The summed E-state index contributed by atoms with van der Waals surface area (Å²) in [6, 6.07) is 16.9. The summed E-state index contributed by atoms with van der Waals surface area (Å²) in [5.74, 6) is 1.02. The van der Waals surface area contributed by atoms with Crippen molar-refractivity contribution in [3.63, 3.8) is 0 Å². The third-order valence-corrected chi connectivity index (χ3v) is 7.85. The van der Waals surface area contributed by atoms with Crippen LogP contribution in [0.4, 0.5) is 11.6 Å². The van der Waals surface area contributed by atoms with Gasteiger partial charge in [0.25, 0.3) is 0 Å². The highest BCUT2D eigenvalue weighted by Gasteiger charge is 2.20. The number of imidazole rings is 1. The molecular weight excluding hydrogens is 488 g/mol. The van der Waals surface area contributed by atoms with Gasteiger partial charge in [-0.2, -0.15) is 0 Å². The first-order valence-electron chi connectivity index (χ1n) is 14.1. The summed E-state index contributed by atoms with van der Waals surface area (Å²) >= 11 is 0. The quantitative estimate of drug-likeness (QED) is 0.311. The van der Waals surface area contributed by atoms with Gasteiger partial charge in [-0.25, -0.2) is 4.98 Å². The Labute approximate surface area is 230 Å². The van der Waals surface area contributed by atoms with Crippen molar-refractivity contribution in [1.29, 1.82) is 0 Å². The van der Waals surface area contributed by atoms with Crippen molar-refractivity contribution in [2.75, 3.05) is 56.2 Å². The SMILES string of the molecule is Cc1ccc2c(c1)N(Cc1ccc3nc(NCCCN4CCOCC4)n(Cc4nc(C)ccc4O)c3c1)CC2. The number of aromatic nitrogens is 3. The lowest BCUT2D eigenvalue weighted by atomic mass is 10.1. The van der Waals surface area contributed by atoms with E-state index in [0.29, 0.717) is 12.2 Å². The normalized spacial score (nSPS) is 15.7. The molecule has 0 saturated carbocycles. The number of anilines is 2. The van der Waals surface area contributed by atoms with E-state index in [1.165, 1.54) is 22.4 Å². The van der Waals surface area contributed by atoms with Crippen LogP contribution in [0.25, 0.3) is 11.0 Å². The number of aromatic hydroxyl groups is 1. The minimum Gasteiger partial charge on any atom is -0.506 e. The van der Waals surface area contributed by atoms with Crippen molar-refractivity contribution in [3.8, 4) is 5.75 Å². The lowest BCUT2D eigenvalue weighted by molar-refractivity contribution is 0.0378. The van der Waals surface area contributed by atoms with E-state index in [0.717, 1.165) is 88.0 Å². The van der Waals surface area contributed by atoms with Gasteiger partial charge < -0.3 is 24.6 Å². The topological polar surface area (TPSA) is 78.7 Å². The van der Waals surface area contributed by atoms with Crippen LogP contribution in [0, 0.1) is 13.8 Å². The second-order valence-corrected chi connectivity index (χ2v) is 10.8. The molecule has 2 aromatic carbocycles. The van der Waals surface area contributed by atoms with E-state index < -0.39 is 0 Å². The van der Waals surface area contributed by atoms with Crippen molar-refractivity contribution >= 4 is 22.7 Å². The smallest absolute Gasteiger partial charge is 0.204 e. The predicted molar refractivity (Wildman–Crippen MR) is 156 cm³/mol. The van der Waals surface area contributed by atoms with Crippen LogP contribution in [0.5, 0.6) is 5.75 Å². The Hall–Kier alpha value is -3.62. The second kappa shape index (κ2) is 11.2. The van der Waals surface area contributed by atoms with Crippen LogP contribution in [-0.2, 0) is 24.2 Å². The Kier molecular flexibility index (Phi) is 7.39. The number of hydrogen-bond donors (Lipinski definition) is 2. The summed E-state index contributed by atoms with van der Waals surface area (Å²) in [6.45, 7) is 12.0. The monoisotopic (exact) mass is 526 g/mol. The maximum absolute atomic E-state index is 10.6. The number of aryl methyl sites for hydroxylation is 2. The van der Waals surface area contributed by atoms with E-state index in [1.807, 2.05) is 13.0 Å². The first kappa shape index (κ1) is 25.6. The third kappa shape index (κ3) is 5.72. The molecule has 8 heteroatoms. The van der Waals surface area contributed by atoms with Gasteiger partial charge in [0.1, 0.15) is 11.4 Å². The highest BCUT2D eigenvalue weighted by atomic mass is 16.5. The molecule has 0 spiro atoms. The minimum absolute atomic E-state index is 0.209. The molecule has 2 aromatic heterocycles. The molecule has 0 unspecified atom stereocenters. The molecule has 6 rings (SSSR count). The molecule has 4 heterocycles. The summed E-state index contributed by atoms with van der Waals surface area (Å²) < 4.78 is 7.64. The Morgan fingerprint density at radius 2 is 1.82 bits per heavy atom. The first-order valence-corrected chi connectivity index (χ1v) is 14.1. The number of morpholine rings is 1. The number of nitrogens with one attached hydrogen (secondary N) is 1. The number of pyridine rings is 1. The molecule has 2 N–H and O–H groups in total. The van der Waals surface area contributed by atoms with Crippen LogP contribution in [0.3, 0.4) is 0 Å². The highest BCUT2D eigenvalue weighted by molar-refractivity contribution is 5.80. The van der Waals surface area contributed by atoms with Crippen LogP contribution in [0.15, 0.2) is 48.5 Å². The number of fused-ring (bicyclic) bond motifs is 2. The van der Waals surface area contributed by atoms with Crippen molar-refractivity contribution in [2.45, 2.75) is 39.8 Å². The summed E-state index contributed by atoms with van der Waals surface area (Å²) in [6.07, 6.45) is 2.11. The van der Waals surface area contributed by atoms with Crippen LogP contribution in [0.1, 0.15) is 34.5 Å². The summed E-state index contributed by atoms with van der Waals surface area (Å²) in [5, 5.41) is 14.2. The van der Waals surface area contributed by atoms with E-state index in [-0.39, 0.29) is 5.75 Å². The Morgan fingerprint density at radius 1 is 0.949 bits per heavy atom. The molecule has 0 atom stereocenters. The van der Waals surface area contributed by atoms with Crippen molar-refractivity contribution in [1.82, 2.24) is 19.4 Å². The fourth-order valence-corrected chi connectivity index (χ4v) is 5.70. The minimum atomic E-state index is 0.209. The van der Waals surface area contributed by atoms with Crippen LogP contribution in [0.2, 0.25) is 0 Å². The molecule has 4 aromatic rings. The molecule has 8 nitrogen and oxygen atoms in total. The number of hydrogen-bond acceptors (Lipinski definition) is 7. The number of nitrogens with zero attached hydrogens (tertiary/aromatic N) is 5. The van der Waals surface area contributed by atoms with E-state index in [4.69, 9.17) is 9.72 Å². The van der Waals surface area contributed by atoms with Crippen molar-refractivity contribution in [2.24, 2.45) is 0 Å². The van der Waals surface area contributed by atoms with Gasteiger partial charge in [0.05, 0.1) is 30.8 Å². The maximum Gasteiger partial charge on any atom is 0.204 e. The van der Waals surface area contributed by atoms with Gasteiger partial charge >= 0.3 is 0 Å². The number of ether oxygens (including phenoxy) is 1. The Morgan fingerprint density at radius 3 is 2.69 bits per heavy atom. The van der Waals surface area contributed by atoms with Gasteiger partial charge in [-0.3, -0.25) is 9.88 Å². The number of rotatable bonds is 9. The average molecular weight is 527 g/mol. The highest BCUT2D eigenvalue weighted by Crippen LogP contribution is 2.31. The first-order chi connectivity index (χ1) is 19.0. The molecule has 1 fully saturated rings. The van der Waals surface area contributed by atoms with Gasteiger partial charge in [0, 0.05) is 44.1 Å². The summed E-state index contributed by atoms with van der Waals surface area (Å²) in [4.78, 5) is 14.5. The van der Waals surface area contributed by atoms with Crippen molar-refractivity contribution in [3.05, 3.63) is 76.6 Å². The molecule has 0 amide bonds. The molecule has 1 saturated heterocycles. The Balaban J connectivity index is 1.26. The molecule has 204 valence electrons. The van der Waals surface area contributed by atoms with E-state index in [9.17, 15) is 5.11 Å². The zero-order valence-corrected chi connectivity index (χ0v) is 23.0. The van der Waals surface area contributed by atoms with Crippen LogP contribution in [-0.4, -0.2) is 70.5 Å². The van der Waals surface area contributed by atoms with E-state index in [1.54, 1.807) is 6.07 Å². The standard InChI is InChI=1S/C31H38N6O2/c1-22-4-7-25-10-13-36(28(25)18-22)20-24-6-8-26-29(19-24)37(21-27-30(38)9-5-23(2)33-27)31(34-26)32-11-3-12-35-14-16-39-17-15-35/h4-9,18-19,38H,3,10-17,20-21H2,1-2H3,(H,32,34). The van der Waals surface area contributed by atoms with Gasteiger partial charge in [-0.1, -0.05) is 18.2 Å². The maximum atomic E-state index is 10.6. The lowest BCUT2D eigenvalue weighted by Gasteiger charge is -2.26. The zero-order valence-electron chi connectivity index (χ0n) is 23.0. The molecule has 2 aliphatic rings. The van der Waals surface area contributed by atoms with Crippen molar-refractivity contribution < 1.29 is 9.84 Å². The fourth-order valence-electron chi connectivity index (χ4n) is 5.70. The average Bonchev–Trinajstić information content (AvgIpc) is 3.49. The molecule has 39 heavy (non-hydrogen) atoms. The fraction of sp³-hybridized carbons (Fsp3) is 0.419. The third-order valence-electron chi connectivity index (χ3n) is 7.85. The van der Waals surface area contributed by atoms with Crippen LogP contribution >= 0.6 is 0 Å². The molecule has 2 aliphatic heterocycles. The molecule has 0 aliphatic carbocycles. The number of benzene rings is 2. The zero-order chi connectivity index (χ0) is 26.8. The molecular formula is C31H38N6O2. The lowest BCUT2D eigenvalue weighted by Crippen LogP contribution is -2.37. The van der Waals surface area contributed by atoms with E-state index in [2.05, 4.69) is 68.0 Å². The second-order valence-electron chi connectivity index (χ2n) is 10.8. The van der Waals surface area contributed by atoms with Gasteiger partial charge in [0.2, 0.25) is 5.95 Å². The Bertz CT molecular complexity index is 1460. The largest absolute Gasteiger partial charge is 0.506 e. The summed E-state index contributed by atoms with van der Waals surface area (Å²) in [5.41, 5.74) is 8.85. The van der Waals surface area contributed by atoms with Gasteiger partial charge in [-0.05, 0) is 80.3 Å². The van der Waals surface area contributed by atoms with Gasteiger partial charge in [-0.15, -0.1) is 0 Å².